The number of hydrogen-bond acceptors (Lipinski definition) is 4. The smallest absolute Gasteiger partial charge is 0.296 e. The van der Waals surface area contributed by atoms with Gasteiger partial charge in [-0.25, -0.2) is 13.1 Å². The first kappa shape index (κ1) is 20.8. The van der Waals surface area contributed by atoms with E-state index in [0.29, 0.717) is 17.0 Å². The van der Waals surface area contributed by atoms with Gasteiger partial charge in [-0.2, -0.15) is 0 Å². The molecule has 1 heterocycles. The van der Waals surface area contributed by atoms with Crippen LogP contribution >= 0.6 is 11.3 Å². The van der Waals surface area contributed by atoms with E-state index in [2.05, 4.69) is 18.6 Å². The second-order valence-corrected chi connectivity index (χ2v) is 10.4. The molecule has 1 N–H and O–H groups in total. The molecule has 0 aliphatic carbocycles. The van der Waals surface area contributed by atoms with Gasteiger partial charge in [-0.1, -0.05) is 55.5 Å². The highest BCUT2D eigenvalue weighted by Gasteiger charge is 2.23. The van der Waals surface area contributed by atoms with Gasteiger partial charge >= 0.3 is 4.87 Å². The van der Waals surface area contributed by atoms with E-state index in [-0.39, 0.29) is 21.9 Å². The van der Waals surface area contributed by atoms with Crippen molar-refractivity contribution in [3.05, 3.63) is 63.8 Å². The highest BCUT2D eigenvalue weighted by molar-refractivity contribution is 7.89. The number of hydrogen-bond donors (Lipinski definition) is 1. The van der Waals surface area contributed by atoms with Crippen LogP contribution in [0.5, 0.6) is 0 Å². The highest BCUT2D eigenvalue weighted by atomic mass is 32.2. The third kappa shape index (κ3) is 4.37. The molecule has 0 fully saturated rings. The number of fused-ring (bicyclic) bond motifs is 1. The van der Waals surface area contributed by atoms with Crippen LogP contribution in [-0.4, -0.2) is 13.0 Å². The van der Waals surface area contributed by atoms with E-state index in [1.807, 2.05) is 44.2 Å². The van der Waals surface area contributed by atoms with Crippen molar-refractivity contribution >= 4 is 31.6 Å². The van der Waals surface area contributed by atoms with Crippen molar-refractivity contribution in [2.24, 2.45) is 5.92 Å². The fourth-order valence-corrected chi connectivity index (χ4v) is 5.73. The number of benzene rings is 2. The summed E-state index contributed by atoms with van der Waals surface area (Å²) in [6.45, 7) is 8.02. The lowest BCUT2D eigenvalue weighted by Gasteiger charge is -2.21. The Hall–Kier alpha value is -1.96. The van der Waals surface area contributed by atoms with E-state index in [9.17, 15) is 13.2 Å². The fraction of sp³-hybridized carbons (Fsp3) is 0.381. The average Bonchev–Trinajstić information content (AvgIpc) is 2.96. The van der Waals surface area contributed by atoms with Crippen LogP contribution in [0.1, 0.15) is 51.8 Å². The van der Waals surface area contributed by atoms with E-state index in [1.54, 1.807) is 22.8 Å². The first-order valence-corrected chi connectivity index (χ1v) is 11.7. The monoisotopic (exact) mass is 418 g/mol. The molecule has 0 saturated heterocycles. The molecule has 1 aromatic heterocycles. The molecule has 0 amide bonds. The second kappa shape index (κ2) is 8.19. The van der Waals surface area contributed by atoms with Gasteiger partial charge in [0.15, 0.2) is 0 Å². The molecule has 3 rings (SSSR count). The van der Waals surface area contributed by atoms with Crippen LogP contribution in [0, 0.1) is 5.92 Å². The Morgan fingerprint density at radius 1 is 1.04 bits per heavy atom. The minimum atomic E-state index is -3.72. The van der Waals surface area contributed by atoms with Gasteiger partial charge in [-0.05, 0) is 49.9 Å². The van der Waals surface area contributed by atoms with Gasteiger partial charge < -0.3 is 0 Å². The van der Waals surface area contributed by atoms with Crippen LogP contribution in [-0.2, 0) is 10.0 Å². The molecule has 5 nitrogen and oxygen atoms in total. The molecule has 0 spiro atoms. The lowest BCUT2D eigenvalue weighted by Crippen LogP contribution is -2.29. The number of sulfonamides is 1. The molecule has 150 valence electrons. The summed E-state index contributed by atoms with van der Waals surface area (Å²) in [5.41, 5.74) is 1.71. The molecule has 1 atom stereocenters. The zero-order valence-electron chi connectivity index (χ0n) is 16.5. The van der Waals surface area contributed by atoms with Gasteiger partial charge in [0.2, 0.25) is 10.0 Å². The molecule has 0 bridgehead atoms. The van der Waals surface area contributed by atoms with Crippen molar-refractivity contribution in [2.75, 3.05) is 0 Å². The summed E-state index contributed by atoms with van der Waals surface area (Å²) < 4.78 is 31.4. The standard InChI is InChI=1S/C21H26N2O3S2/c1-14(2)12-18(16-8-6-5-7-9-16)22-28(25,26)17-10-11-19-20(13-17)27-21(24)23(19)15(3)4/h5-11,13-15,18,22H,12H2,1-4H3. The normalized spacial score (nSPS) is 13.5. The molecule has 7 heteroatoms. The lowest BCUT2D eigenvalue weighted by molar-refractivity contribution is 0.472. The maximum Gasteiger partial charge on any atom is 0.308 e. The summed E-state index contributed by atoms with van der Waals surface area (Å²) in [5.74, 6) is 0.334. The van der Waals surface area contributed by atoms with Gasteiger partial charge in [0.1, 0.15) is 0 Å². The summed E-state index contributed by atoms with van der Waals surface area (Å²) in [6.07, 6.45) is 0.697. The first-order valence-electron chi connectivity index (χ1n) is 9.41. The molecule has 1 unspecified atom stereocenters. The Bertz CT molecular complexity index is 1110. The summed E-state index contributed by atoms with van der Waals surface area (Å²) >= 11 is 1.08. The fourth-order valence-electron chi connectivity index (χ4n) is 3.34. The summed E-state index contributed by atoms with van der Waals surface area (Å²) in [6, 6.07) is 14.2. The quantitative estimate of drug-likeness (QED) is 0.604. The van der Waals surface area contributed by atoms with E-state index in [0.717, 1.165) is 22.4 Å². The topological polar surface area (TPSA) is 68.2 Å². The molecule has 0 saturated carbocycles. The minimum absolute atomic E-state index is 0.0235. The van der Waals surface area contributed by atoms with Gasteiger partial charge in [-0.15, -0.1) is 0 Å². The first-order chi connectivity index (χ1) is 13.2. The molecule has 3 aromatic rings. The SMILES string of the molecule is CC(C)CC(NS(=O)(=O)c1ccc2c(c1)sc(=O)n2C(C)C)c1ccccc1. The molecule has 0 aliphatic heterocycles. The molecule has 2 aromatic carbocycles. The minimum Gasteiger partial charge on any atom is -0.296 e. The number of thiazole rings is 1. The van der Waals surface area contributed by atoms with Crippen LogP contribution in [0.2, 0.25) is 0 Å². The van der Waals surface area contributed by atoms with Crippen LogP contribution in [0.25, 0.3) is 10.2 Å². The van der Waals surface area contributed by atoms with Crippen molar-refractivity contribution in [2.45, 2.75) is 51.1 Å². The van der Waals surface area contributed by atoms with Crippen LogP contribution in [0.3, 0.4) is 0 Å². The van der Waals surface area contributed by atoms with E-state index in [4.69, 9.17) is 0 Å². The number of rotatable bonds is 7. The average molecular weight is 419 g/mol. The zero-order valence-corrected chi connectivity index (χ0v) is 18.2. The number of nitrogens with zero attached hydrogens (tertiary/aromatic N) is 1. The predicted molar refractivity (Wildman–Crippen MR) is 115 cm³/mol. The Morgan fingerprint density at radius 3 is 2.32 bits per heavy atom. The number of aromatic nitrogens is 1. The van der Waals surface area contributed by atoms with Gasteiger partial charge in [0.05, 0.1) is 15.1 Å². The Balaban J connectivity index is 1.98. The van der Waals surface area contributed by atoms with Crippen molar-refractivity contribution in [3.63, 3.8) is 0 Å². The van der Waals surface area contributed by atoms with Crippen molar-refractivity contribution < 1.29 is 8.42 Å². The Kier molecular flexibility index (Phi) is 6.07. The van der Waals surface area contributed by atoms with Gasteiger partial charge in [-0.3, -0.25) is 9.36 Å². The molecular weight excluding hydrogens is 392 g/mol. The molecule has 0 radical (unpaired) electrons. The van der Waals surface area contributed by atoms with Gasteiger partial charge in [0.25, 0.3) is 0 Å². The van der Waals surface area contributed by atoms with Crippen LogP contribution in [0.4, 0.5) is 0 Å². The van der Waals surface area contributed by atoms with Gasteiger partial charge in [0, 0.05) is 12.1 Å². The van der Waals surface area contributed by atoms with Crippen LogP contribution < -0.4 is 9.60 Å². The predicted octanol–water partition coefficient (Wildman–Crippen LogP) is 4.71. The highest BCUT2D eigenvalue weighted by Crippen LogP contribution is 2.27. The Labute approximate surface area is 170 Å². The zero-order chi connectivity index (χ0) is 20.5. The van der Waals surface area contributed by atoms with E-state index in [1.165, 1.54) is 0 Å². The van der Waals surface area contributed by atoms with E-state index < -0.39 is 10.0 Å². The lowest BCUT2D eigenvalue weighted by atomic mass is 9.98. The Morgan fingerprint density at radius 2 is 1.71 bits per heavy atom. The third-order valence-electron chi connectivity index (χ3n) is 4.62. The number of nitrogens with one attached hydrogen (secondary N) is 1. The van der Waals surface area contributed by atoms with E-state index >= 15 is 0 Å². The molecule has 0 aliphatic rings. The second-order valence-electron chi connectivity index (χ2n) is 7.68. The summed E-state index contributed by atoms with van der Waals surface area (Å²) in [7, 11) is -3.72. The van der Waals surface area contributed by atoms with Crippen molar-refractivity contribution in [1.82, 2.24) is 9.29 Å². The largest absolute Gasteiger partial charge is 0.308 e. The maximum atomic E-state index is 13.1. The van der Waals surface area contributed by atoms with Crippen LogP contribution in [0.15, 0.2) is 58.2 Å². The third-order valence-corrected chi connectivity index (χ3v) is 7.01. The molecule has 28 heavy (non-hydrogen) atoms. The van der Waals surface area contributed by atoms with Crippen molar-refractivity contribution in [3.8, 4) is 0 Å². The summed E-state index contributed by atoms with van der Waals surface area (Å²) in [4.78, 5) is 12.3. The summed E-state index contributed by atoms with van der Waals surface area (Å²) in [5, 5.41) is 0. The molecular formula is C21H26N2O3S2. The van der Waals surface area contributed by atoms with Crippen molar-refractivity contribution in [1.29, 1.82) is 0 Å². The maximum absolute atomic E-state index is 13.1.